The Morgan fingerprint density at radius 2 is 1.78 bits per heavy atom. The van der Waals surface area contributed by atoms with Gasteiger partial charge in [0.2, 0.25) is 5.91 Å². The minimum atomic E-state index is -5.91. The Balaban J connectivity index is 0.956. The average Bonchev–Trinajstić information content (AvgIpc) is 1.61. The minimum Gasteiger partial charge on any atom is -0.478 e. The lowest BCUT2D eigenvalue weighted by atomic mass is 9.88. The van der Waals surface area contributed by atoms with Crippen molar-refractivity contribution < 1.29 is 88.9 Å². The van der Waals surface area contributed by atoms with E-state index in [0.717, 1.165) is 32.9 Å². The van der Waals surface area contributed by atoms with Crippen molar-refractivity contribution in [1.82, 2.24) is 20.2 Å². The number of nitrogens with zero attached hydrogens (tertiary/aromatic N) is 5. The number of fused-ring (bicyclic) bond motifs is 2. The number of azide groups is 1. The molecule has 35 heteroatoms. The SMILES string of the molecule is CCN=c1cc2oc3cc(NCC)c(C)cc3c(-c3cc(C(=O)NCCSSCOCCCC(=O)NCC#Cc4cn([C@H]5CC(OC(F)N=[N+]=[N-])[C@@H](COP(=O)(O)OP(=O)(O)OP(=O)(O)O)O5)c(=O)[nH]c4=O)ccc3C(=O)O)c-2cc1C. The van der Waals surface area contributed by atoms with E-state index in [1.807, 2.05) is 56.9 Å². The molecule has 0 spiro atoms. The van der Waals surface area contributed by atoms with Gasteiger partial charge in [-0.15, -0.1) is 0 Å². The molecular weight excluding hydrogens is 1190 g/mol. The predicted molar refractivity (Wildman–Crippen MR) is 296 cm³/mol. The summed E-state index contributed by atoms with van der Waals surface area (Å²) in [6.07, 6.45) is -3.82. The van der Waals surface area contributed by atoms with Crippen LogP contribution in [0.25, 0.3) is 43.9 Å². The molecule has 1 fully saturated rings. The lowest BCUT2D eigenvalue weighted by Crippen LogP contribution is -2.34. The van der Waals surface area contributed by atoms with Crippen LogP contribution in [-0.2, 0) is 45.8 Å². The summed E-state index contributed by atoms with van der Waals surface area (Å²) in [6, 6.07) is 12.1. The van der Waals surface area contributed by atoms with Gasteiger partial charge in [-0.1, -0.05) is 33.4 Å². The maximum Gasteiger partial charge on any atom is 0.490 e. The van der Waals surface area contributed by atoms with Crippen molar-refractivity contribution >= 4 is 79.5 Å². The lowest BCUT2D eigenvalue weighted by Gasteiger charge is -2.21. The average molecular weight is 1240 g/mol. The number of anilines is 1. The highest BCUT2D eigenvalue weighted by molar-refractivity contribution is 8.76. The van der Waals surface area contributed by atoms with Crippen LogP contribution >= 0.6 is 45.1 Å². The standard InChI is InChI=1S/C47H55FN9O20P3S2/c1-5-50-34-20-36-32(17-26(34)3)42(33-18-27(4)35(51-6-2)21-37(33)73-36)31-19-28(11-12-30(31)45(61)62)43(59)53-14-16-81-82-25-71-15-8-10-40(58)52-13-7-9-29-23-57(47(63)54-44(29)60)41-22-38(75-46(48)55-56-49)39(74-41)24-72-79(67,68)77-80(69,70)76-78(64,65)66/h11-12,17-21,23,38-39,41,46,50H,5-6,8,10,13-16,22,24-25H2,1-4H3,(H,52,58)(H,53,59)(H,61,62)(H,67,68)(H,69,70)(H,54,60,63)(H2,64,65,66)/t38?,39-,41-,46?/m1/s1. The highest BCUT2D eigenvalue weighted by Crippen LogP contribution is 2.66. The van der Waals surface area contributed by atoms with Crippen LogP contribution in [0.5, 0.6) is 0 Å². The van der Waals surface area contributed by atoms with Gasteiger partial charge in [0, 0.05) is 95.8 Å². The Hall–Kier alpha value is -6.19. The molecule has 82 heavy (non-hydrogen) atoms. The predicted octanol–water partition coefficient (Wildman–Crippen LogP) is 6.33. The summed E-state index contributed by atoms with van der Waals surface area (Å²) >= 11 is 0. The summed E-state index contributed by atoms with van der Waals surface area (Å²) in [5.74, 6) is 4.37. The molecular formula is C47H55FN9O20P3S2. The molecule has 2 amide bonds. The van der Waals surface area contributed by atoms with Gasteiger partial charge in [0.15, 0.2) is 0 Å². The summed E-state index contributed by atoms with van der Waals surface area (Å²) in [4.78, 5) is 110. The molecule has 29 nitrogen and oxygen atoms in total. The number of carbonyl (C=O) groups is 3. The Kier molecular flexibility index (Phi) is 23.3. The number of nitrogens with one attached hydrogen (secondary N) is 4. The number of carbonyl (C=O) groups excluding carboxylic acids is 2. The van der Waals surface area contributed by atoms with Crippen molar-refractivity contribution in [1.29, 1.82) is 0 Å². The van der Waals surface area contributed by atoms with Crippen molar-refractivity contribution in [3.8, 4) is 34.3 Å². The Morgan fingerprint density at radius 1 is 1.01 bits per heavy atom. The van der Waals surface area contributed by atoms with Gasteiger partial charge in [-0.2, -0.15) is 8.62 Å². The summed E-state index contributed by atoms with van der Waals surface area (Å²) in [5.41, 5.74) is 11.3. The maximum absolute atomic E-state index is 14.2. The number of rotatable bonds is 28. The van der Waals surface area contributed by atoms with Crippen LogP contribution < -0.4 is 32.6 Å². The van der Waals surface area contributed by atoms with Gasteiger partial charge in [0.25, 0.3) is 17.9 Å². The van der Waals surface area contributed by atoms with E-state index >= 15 is 0 Å². The number of hydrogen-bond acceptors (Lipinski definition) is 20. The Morgan fingerprint density at radius 3 is 2.49 bits per heavy atom. The van der Waals surface area contributed by atoms with Crippen LogP contribution in [0.4, 0.5) is 10.1 Å². The fourth-order valence-electron chi connectivity index (χ4n) is 8.11. The summed E-state index contributed by atoms with van der Waals surface area (Å²) in [6.45, 7) is 5.48. The van der Waals surface area contributed by atoms with Crippen LogP contribution in [0.15, 0.2) is 72.8 Å². The molecule has 1 saturated heterocycles. The van der Waals surface area contributed by atoms with Crippen molar-refractivity contribution in [3.05, 3.63) is 113 Å². The second kappa shape index (κ2) is 29.4. The number of phosphoric acid groups is 3. The molecule has 1 aliphatic carbocycles. The van der Waals surface area contributed by atoms with Gasteiger partial charge < -0.3 is 59.3 Å². The Labute approximate surface area is 472 Å². The second-order valence-electron chi connectivity index (χ2n) is 17.4. The maximum atomic E-state index is 14.2. The number of aromatic amines is 1. The molecule has 4 unspecified atom stereocenters. The Bertz CT molecular complexity index is 3620. The van der Waals surface area contributed by atoms with E-state index in [4.69, 9.17) is 33.9 Å². The number of hydrogen-bond donors (Lipinski definition) is 9. The third-order valence-corrected chi connectivity index (χ3v) is 17.4. The normalized spacial score (nSPS) is 17.3. The summed E-state index contributed by atoms with van der Waals surface area (Å²) in [7, 11) is -14.5. The molecule has 442 valence electrons. The monoisotopic (exact) mass is 1240 g/mol. The lowest BCUT2D eigenvalue weighted by molar-refractivity contribution is -0.121. The number of alkyl halides is 1. The fraction of sp³-hybridized carbons (Fsp3) is 0.404. The highest BCUT2D eigenvalue weighted by atomic mass is 33.1. The van der Waals surface area contributed by atoms with Crippen LogP contribution in [0.1, 0.15) is 76.7 Å². The smallest absolute Gasteiger partial charge is 0.478 e. The van der Waals surface area contributed by atoms with E-state index in [0.29, 0.717) is 58.7 Å². The number of carboxylic acids is 1. The fourth-order valence-corrected chi connectivity index (χ4v) is 12.7. The van der Waals surface area contributed by atoms with E-state index in [1.54, 1.807) is 6.07 Å². The number of aromatic carboxylic acids is 1. The molecule has 3 heterocycles. The number of phosphoric ester groups is 1. The molecule has 3 aromatic rings. The molecule has 6 atom stereocenters. The number of aromatic nitrogens is 2. The topological polar surface area (TPSA) is 424 Å². The molecule has 0 saturated carbocycles. The molecule has 0 bridgehead atoms. The molecule has 2 aromatic carbocycles. The number of carboxylic acid groups (broad SMARTS) is 1. The van der Waals surface area contributed by atoms with Gasteiger partial charge >= 0.3 is 35.1 Å². The first kappa shape index (κ1) is 65.0. The van der Waals surface area contributed by atoms with Crippen molar-refractivity contribution in [3.63, 3.8) is 0 Å². The zero-order valence-corrected chi connectivity index (χ0v) is 48.2. The van der Waals surface area contributed by atoms with Gasteiger partial charge in [-0.3, -0.25) is 33.5 Å². The van der Waals surface area contributed by atoms with Crippen LogP contribution in [0.3, 0.4) is 0 Å². The minimum absolute atomic E-state index is 0.0107. The van der Waals surface area contributed by atoms with Crippen molar-refractivity contribution in [2.24, 2.45) is 10.1 Å². The quantitative estimate of drug-likeness (QED) is 0.00252. The molecule has 3 aliphatic rings. The van der Waals surface area contributed by atoms with E-state index in [9.17, 15) is 57.0 Å². The number of amides is 2. The van der Waals surface area contributed by atoms with Gasteiger partial charge in [0.1, 0.15) is 35.2 Å². The largest absolute Gasteiger partial charge is 0.490 e. The van der Waals surface area contributed by atoms with Crippen molar-refractivity contribution in [2.45, 2.75) is 71.9 Å². The van der Waals surface area contributed by atoms with Gasteiger partial charge in [0.05, 0.1) is 30.2 Å². The zero-order valence-electron chi connectivity index (χ0n) is 43.8. The van der Waals surface area contributed by atoms with Crippen LogP contribution in [0, 0.1) is 25.7 Å². The first-order valence-electron chi connectivity index (χ1n) is 24.4. The number of halogens is 1. The summed E-state index contributed by atoms with van der Waals surface area (Å²) in [5, 5.41) is 23.3. The summed E-state index contributed by atoms with van der Waals surface area (Å²) < 4.78 is 84.4. The number of ether oxygens (including phenoxy) is 3. The first-order chi connectivity index (χ1) is 38.8. The van der Waals surface area contributed by atoms with Crippen LogP contribution in [0.2, 0.25) is 0 Å². The molecule has 9 N–H and O–H groups in total. The van der Waals surface area contributed by atoms with Gasteiger partial charge in [-0.05, 0) is 91.8 Å². The van der Waals surface area contributed by atoms with Crippen molar-refractivity contribution in [2.75, 3.05) is 56.4 Å². The molecule has 0 radical (unpaired) electrons. The third kappa shape index (κ3) is 18.4. The van der Waals surface area contributed by atoms with Gasteiger partial charge in [-0.25, -0.2) is 27.7 Å². The number of aryl methyl sites for hydroxylation is 2. The van der Waals surface area contributed by atoms with E-state index in [2.05, 4.69) is 56.0 Å². The number of H-pyrrole nitrogens is 1. The molecule has 6 rings (SSSR count). The molecule has 1 aromatic heterocycles. The van der Waals surface area contributed by atoms with E-state index < -0.39 is 90.4 Å². The number of benzene rings is 3. The molecule has 2 aliphatic heterocycles. The van der Waals surface area contributed by atoms with E-state index in [-0.39, 0.29) is 48.7 Å². The zero-order chi connectivity index (χ0) is 59.9. The highest BCUT2D eigenvalue weighted by Gasteiger charge is 2.44. The van der Waals surface area contributed by atoms with E-state index in [1.165, 1.54) is 33.7 Å². The third-order valence-electron chi connectivity index (χ3n) is 11.5. The van der Waals surface area contributed by atoms with Crippen LogP contribution in [-0.4, -0.2) is 122 Å². The first-order valence-corrected chi connectivity index (χ1v) is 31.5. The second-order valence-corrected chi connectivity index (χ2v) is 24.3.